The molecule has 0 radical (unpaired) electrons. The molecule has 0 amide bonds. The van der Waals surface area contributed by atoms with E-state index in [9.17, 15) is 22.0 Å². The maximum absolute atomic E-state index is 12.1. The molecule has 1 aromatic heterocycles. The molecule has 0 aliphatic heterocycles. The van der Waals surface area contributed by atoms with Crippen molar-refractivity contribution in [3.63, 3.8) is 0 Å². The highest BCUT2D eigenvalue weighted by molar-refractivity contribution is 5.57. The van der Waals surface area contributed by atoms with E-state index < -0.39 is 17.8 Å². The Morgan fingerprint density at radius 3 is 2.08 bits per heavy atom. The van der Waals surface area contributed by atoms with Crippen molar-refractivity contribution < 1.29 is 22.0 Å². The number of nitrogens with zero attached hydrogens (tertiary/aromatic N) is 3. The zero-order chi connectivity index (χ0) is 19.0. The molecule has 0 N–H and O–H groups in total. The van der Waals surface area contributed by atoms with E-state index in [1.165, 1.54) is 18.6 Å². The molecular formula is C16H22F5N3. The van der Waals surface area contributed by atoms with Gasteiger partial charge in [-0.15, -0.1) is 0 Å². The number of allylic oxidation sites excluding steroid dienone is 2. The van der Waals surface area contributed by atoms with Crippen molar-refractivity contribution >= 4 is 6.21 Å². The van der Waals surface area contributed by atoms with Crippen LogP contribution in [0.15, 0.2) is 41.8 Å². The fraction of sp³-hybridized carbons (Fsp3) is 0.438. The van der Waals surface area contributed by atoms with Gasteiger partial charge in [0, 0.05) is 24.7 Å². The largest absolute Gasteiger partial charge is 0.451 e. The fourth-order valence-corrected chi connectivity index (χ4v) is 1.02. The highest BCUT2D eigenvalue weighted by Gasteiger charge is 2.34. The Labute approximate surface area is 139 Å². The van der Waals surface area contributed by atoms with Gasteiger partial charge in [-0.05, 0) is 18.4 Å². The van der Waals surface area contributed by atoms with Gasteiger partial charge in [-0.25, -0.2) is 18.7 Å². The van der Waals surface area contributed by atoms with E-state index in [0.717, 1.165) is 12.6 Å². The monoisotopic (exact) mass is 351 g/mol. The summed E-state index contributed by atoms with van der Waals surface area (Å²) >= 11 is 0. The van der Waals surface area contributed by atoms with E-state index >= 15 is 0 Å². The number of hydrogen-bond acceptors (Lipinski definition) is 3. The first-order valence-electron chi connectivity index (χ1n) is 7.37. The van der Waals surface area contributed by atoms with Crippen molar-refractivity contribution in [1.82, 2.24) is 9.97 Å². The number of alkyl halides is 3. The third-order valence-electron chi connectivity index (χ3n) is 2.08. The molecule has 0 unspecified atom stereocenters. The van der Waals surface area contributed by atoms with Gasteiger partial charge in [0.05, 0.1) is 12.5 Å². The Morgan fingerprint density at radius 2 is 1.71 bits per heavy atom. The molecule has 0 atom stereocenters. The minimum Gasteiger partial charge on any atom is -0.266 e. The molecule has 3 nitrogen and oxygen atoms in total. The predicted octanol–water partition coefficient (Wildman–Crippen LogP) is 5.85. The first-order chi connectivity index (χ1) is 11.3. The van der Waals surface area contributed by atoms with E-state index in [2.05, 4.69) is 15.0 Å². The van der Waals surface area contributed by atoms with Crippen LogP contribution in [0.25, 0.3) is 0 Å². The Morgan fingerprint density at radius 1 is 1.17 bits per heavy atom. The number of rotatable bonds is 4. The van der Waals surface area contributed by atoms with Crippen LogP contribution in [0.4, 0.5) is 22.0 Å². The molecule has 0 aromatic carbocycles. The minimum absolute atomic E-state index is 0.132. The van der Waals surface area contributed by atoms with Crippen LogP contribution in [0, 0.1) is 0 Å². The molecule has 0 spiro atoms. The topological polar surface area (TPSA) is 38.1 Å². The summed E-state index contributed by atoms with van der Waals surface area (Å²) in [6.07, 6.45) is 2.64. The highest BCUT2D eigenvalue weighted by atomic mass is 19.4. The second-order valence-corrected chi connectivity index (χ2v) is 3.81. The summed E-state index contributed by atoms with van der Waals surface area (Å²) in [6.45, 7) is 7.70. The lowest BCUT2D eigenvalue weighted by atomic mass is 10.3. The molecule has 1 heterocycles. The van der Waals surface area contributed by atoms with E-state index in [-0.39, 0.29) is 6.33 Å². The van der Waals surface area contributed by atoms with Crippen LogP contribution in [0.1, 0.15) is 45.5 Å². The molecule has 0 saturated heterocycles. The number of aryl methyl sites for hydroxylation is 1. The zero-order valence-corrected chi connectivity index (χ0v) is 14.1. The van der Waals surface area contributed by atoms with Crippen molar-refractivity contribution in [2.75, 3.05) is 0 Å². The molecule has 8 heteroatoms. The summed E-state index contributed by atoms with van der Waals surface area (Å²) < 4.78 is 59.1. The van der Waals surface area contributed by atoms with Gasteiger partial charge in [-0.2, -0.15) is 13.2 Å². The van der Waals surface area contributed by atoms with Crippen LogP contribution in [0.2, 0.25) is 0 Å². The van der Waals surface area contributed by atoms with E-state index in [1.54, 1.807) is 0 Å². The first-order valence-corrected chi connectivity index (χ1v) is 7.37. The van der Waals surface area contributed by atoms with Gasteiger partial charge in [-0.1, -0.05) is 27.7 Å². The number of hydrogen-bond donors (Lipinski definition) is 0. The van der Waals surface area contributed by atoms with Crippen molar-refractivity contribution in [2.45, 2.75) is 46.7 Å². The number of aromatic nitrogens is 2. The van der Waals surface area contributed by atoms with Crippen LogP contribution in [0.3, 0.4) is 0 Å². The lowest BCUT2D eigenvalue weighted by Gasteiger charge is -2.03. The van der Waals surface area contributed by atoms with Crippen LogP contribution in [0.5, 0.6) is 0 Å². The lowest BCUT2D eigenvalue weighted by Crippen LogP contribution is -2.10. The summed E-state index contributed by atoms with van der Waals surface area (Å²) in [5.41, 5.74) is 0.697. The summed E-state index contributed by atoms with van der Waals surface area (Å²) in [7, 11) is 0. The third-order valence-corrected chi connectivity index (χ3v) is 2.08. The second kappa shape index (κ2) is 14.5. The number of halogens is 5. The molecule has 0 aliphatic carbocycles. The predicted molar refractivity (Wildman–Crippen MR) is 86.0 cm³/mol. The Kier molecular flexibility index (Phi) is 14.6. The van der Waals surface area contributed by atoms with Crippen molar-refractivity contribution in [3.8, 4) is 0 Å². The summed E-state index contributed by atoms with van der Waals surface area (Å²) in [6, 6.07) is 0. The van der Waals surface area contributed by atoms with Gasteiger partial charge in [-0.3, -0.25) is 4.99 Å². The van der Waals surface area contributed by atoms with Gasteiger partial charge in [0.25, 0.3) is 0 Å². The van der Waals surface area contributed by atoms with E-state index in [1.807, 2.05) is 27.7 Å². The molecule has 1 aromatic rings. The molecule has 0 bridgehead atoms. The molecule has 24 heavy (non-hydrogen) atoms. The Hall–Kier alpha value is -2.12. The van der Waals surface area contributed by atoms with Crippen LogP contribution in [-0.4, -0.2) is 16.2 Å². The standard InChI is InChI=1S/C7H7F3N2.C7H9F2N.C2H6/c1-2-5-3-11-6(12-4-5)7(8,9)10;1-2-5-10-6-7(9)3-4-8;1-2/h3-4H,2H2,1H3;3-6H,2H2,1H3;1-2H3/b;4-3+,7-6+,10-5?;. The van der Waals surface area contributed by atoms with Gasteiger partial charge in [0.1, 0.15) is 5.83 Å². The maximum Gasteiger partial charge on any atom is 0.451 e. The molecule has 0 saturated carbocycles. The maximum atomic E-state index is 12.1. The average molecular weight is 351 g/mol. The molecule has 136 valence electrons. The van der Waals surface area contributed by atoms with Gasteiger partial charge < -0.3 is 0 Å². The van der Waals surface area contributed by atoms with Crippen molar-refractivity contribution in [3.05, 3.63) is 48.2 Å². The van der Waals surface area contributed by atoms with Crippen molar-refractivity contribution in [2.24, 2.45) is 4.99 Å². The minimum atomic E-state index is -4.44. The molecule has 0 fully saturated rings. The van der Waals surface area contributed by atoms with E-state index in [0.29, 0.717) is 18.1 Å². The Balaban J connectivity index is 0. The third kappa shape index (κ3) is 12.4. The average Bonchev–Trinajstić information content (AvgIpc) is 2.57. The first kappa shape index (κ1) is 24.1. The fourth-order valence-electron chi connectivity index (χ4n) is 1.02. The SMILES string of the molecule is CC.CCC=N/C=C(F)\C=C\F.CCc1cnc(C(F)(F)F)nc1. The van der Waals surface area contributed by atoms with Crippen LogP contribution >= 0.6 is 0 Å². The normalized spacial score (nSPS) is 11.8. The molecule has 1 rings (SSSR count). The molecule has 0 aliphatic rings. The molecular weight excluding hydrogens is 329 g/mol. The smallest absolute Gasteiger partial charge is 0.266 e. The van der Waals surface area contributed by atoms with Gasteiger partial charge in [0.15, 0.2) is 0 Å². The van der Waals surface area contributed by atoms with Gasteiger partial charge in [0.2, 0.25) is 5.82 Å². The summed E-state index contributed by atoms with van der Waals surface area (Å²) in [5.74, 6) is -1.77. The van der Waals surface area contributed by atoms with Gasteiger partial charge >= 0.3 is 6.18 Å². The zero-order valence-electron chi connectivity index (χ0n) is 14.1. The highest BCUT2D eigenvalue weighted by Crippen LogP contribution is 2.25. The Bertz CT molecular complexity index is 505. The van der Waals surface area contributed by atoms with E-state index in [4.69, 9.17) is 0 Å². The summed E-state index contributed by atoms with van der Waals surface area (Å²) in [4.78, 5) is 9.90. The lowest BCUT2D eigenvalue weighted by molar-refractivity contribution is -0.145. The van der Waals surface area contributed by atoms with Crippen LogP contribution in [-0.2, 0) is 12.6 Å². The van der Waals surface area contributed by atoms with Crippen molar-refractivity contribution in [1.29, 1.82) is 0 Å². The second-order valence-electron chi connectivity index (χ2n) is 3.81. The number of aliphatic imine (C=N–C) groups is 1. The summed E-state index contributed by atoms with van der Waals surface area (Å²) in [5, 5.41) is 0. The quantitative estimate of drug-likeness (QED) is 0.388. The van der Waals surface area contributed by atoms with Crippen LogP contribution < -0.4 is 0 Å².